The zero-order valence-electron chi connectivity index (χ0n) is 19.9. The molecule has 2 amide bonds. The number of aryl methyl sites for hydroxylation is 1. The van der Waals surface area contributed by atoms with E-state index < -0.39 is 35.1 Å². The molecule has 0 radical (unpaired) electrons. The molecule has 0 unspecified atom stereocenters. The molecular formula is C24H25F3N6O3. The van der Waals surface area contributed by atoms with Crippen LogP contribution in [0.4, 0.5) is 46.8 Å². The van der Waals surface area contributed by atoms with Crippen molar-refractivity contribution in [2.24, 2.45) is 5.73 Å². The van der Waals surface area contributed by atoms with E-state index in [2.05, 4.69) is 20.6 Å². The van der Waals surface area contributed by atoms with Gasteiger partial charge in [0.15, 0.2) is 0 Å². The van der Waals surface area contributed by atoms with Crippen molar-refractivity contribution < 1.29 is 27.9 Å². The van der Waals surface area contributed by atoms with Crippen LogP contribution in [-0.4, -0.2) is 32.6 Å². The van der Waals surface area contributed by atoms with E-state index in [0.717, 1.165) is 4.90 Å². The van der Waals surface area contributed by atoms with E-state index >= 15 is 0 Å². The number of carboxylic acid groups (broad SMARTS) is 1. The number of nitrogens with zero attached hydrogens (tertiary/aromatic N) is 3. The van der Waals surface area contributed by atoms with Crippen LogP contribution >= 0.6 is 0 Å². The van der Waals surface area contributed by atoms with Crippen molar-refractivity contribution in [1.82, 2.24) is 9.97 Å². The summed E-state index contributed by atoms with van der Waals surface area (Å²) in [5.74, 6) is -1.44. The summed E-state index contributed by atoms with van der Waals surface area (Å²) in [6.07, 6.45) is -5.46. The molecule has 1 heterocycles. The number of anilines is 5. The second kappa shape index (κ2) is 9.72. The number of nitrogens with one attached hydrogen (secondary N) is 2. The van der Waals surface area contributed by atoms with Gasteiger partial charge in [-0.1, -0.05) is 18.2 Å². The maximum absolute atomic E-state index is 13.8. The quantitative estimate of drug-likeness (QED) is 0.341. The third kappa shape index (κ3) is 5.82. The molecule has 0 aliphatic heterocycles. The van der Waals surface area contributed by atoms with E-state index in [0.29, 0.717) is 17.4 Å². The lowest BCUT2D eigenvalue weighted by Crippen LogP contribution is -2.45. The lowest BCUT2D eigenvalue weighted by molar-refractivity contribution is -0.137. The summed E-state index contributed by atoms with van der Waals surface area (Å²) in [5.41, 5.74) is 4.75. The summed E-state index contributed by atoms with van der Waals surface area (Å²) < 4.78 is 41.4. The minimum atomic E-state index is -4.80. The van der Waals surface area contributed by atoms with Gasteiger partial charge in [-0.05, 0) is 57.5 Å². The van der Waals surface area contributed by atoms with Crippen molar-refractivity contribution in [2.45, 2.75) is 39.4 Å². The first kappa shape index (κ1) is 26.3. The monoisotopic (exact) mass is 502 g/mol. The third-order valence-electron chi connectivity index (χ3n) is 5.12. The number of amides is 2. The van der Waals surface area contributed by atoms with Crippen LogP contribution in [0.3, 0.4) is 0 Å². The van der Waals surface area contributed by atoms with Gasteiger partial charge >= 0.3 is 12.3 Å². The van der Waals surface area contributed by atoms with E-state index in [1.165, 1.54) is 24.3 Å². The average Bonchev–Trinajstić information content (AvgIpc) is 2.74. The lowest BCUT2D eigenvalue weighted by atomic mass is 10.0. The first-order chi connectivity index (χ1) is 16.7. The number of para-hydroxylation sites is 2. The van der Waals surface area contributed by atoms with Crippen LogP contribution in [-0.2, 0) is 6.18 Å². The van der Waals surface area contributed by atoms with Crippen molar-refractivity contribution >= 4 is 40.8 Å². The number of primary amides is 1. The minimum absolute atomic E-state index is 0.0943. The fourth-order valence-electron chi connectivity index (χ4n) is 3.43. The van der Waals surface area contributed by atoms with Crippen LogP contribution in [0.1, 0.15) is 42.3 Å². The molecule has 190 valence electrons. The van der Waals surface area contributed by atoms with Crippen molar-refractivity contribution in [3.05, 3.63) is 65.4 Å². The van der Waals surface area contributed by atoms with Crippen molar-refractivity contribution in [3.63, 3.8) is 0 Å². The Morgan fingerprint density at radius 1 is 1.03 bits per heavy atom. The van der Waals surface area contributed by atoms with Crippen LogP contribution in [0, 0.1) is 6.92 Å². The third-order valence-corrected chi connectivity index (χ3v) is 5.12. The first-order valence-electron chi connectivity index (χ1n) is 10.7. The zero-order chi connectivity index (χ0) is 26.8. The molecule has 0 fully saturated rings. The Morgan fingerprint density at radius 2 is 1.69 bits per heavy atom. The first-order valence-corrected chi connectivity index (χ1v) is 10.7. The molecule has 1 aromatic heterocycles. The van der Waals surface area contributed by atoms with Gasteiger partial charge in [-0.2, -0.15) is 18.2 Å². The standard InChI is InChI=1S/C24H25F3N6O3/c1-13-9-10-14(19(28)34)11-17(13)31-21-29-12-15(24(25,26)27)20(32-21)30-16-7-5-6-8-18(16)33(22(35)36)23(2,3)4/h5-12H,1-4H3,(H2,28,34)(H,35,36)(H2,29,30,31,32). The van der Waals surface area contributed by atoms with E-state index in [1.807, 2.05) is 0 Å². The molecule has 2 aromatic carbocycles. The van der Waals surface area contributed by atoms with Crippen molar-refractivity contribution in [2.75, 3.05) is 15.5 Å². The highest BCUT2D eigenvalue weighted by molar-refractivity contribution is 5.94. The highest BCUT2D eigenvalue weighted by atomic mass is 19.4. The highest BCUT2D eigenvalue weighted by Crippen LogP contribution is 2.38. The summed E-state index contributed by atoms with van der Waals surface area (Å²) in [4.78, 5) is 32.3. The van der Waals surface area contributed by atoms with E-state index in [1.54, 1.807) is 45.9 Å². The average molecular weight is 502 g/mol. The Labute approximate surface area is 205 Å². The molecule has 36 heavy (non-hydrogen) atoms. The Balaban J connectivity index is 2.09. The van der Waals surface area contributed by atoms with Gasteiger partial charge in [0.25, 0.3) is 0 Å². The fraction of sp³-hybridized carbons (Fsp3) is 0.250. The van der Waals surface area contributed by atoms with E-state index in [-0.39, 0.29) is 22.9 Å². The second-order valence-corrected chi connectivity index (χ2v) is 8.90. The van der Waals surface area contributed by atoms with Crippen LogP contribution < -0.4 is 21.3 Å². The number of hydrogen-bond acceptors (Lipinski definition) is 6. The summed E-state index contributed by atoms with van der Waals surface area (Å²) in [5, 5.41) is 15.2. The molecule has 0 aliphatic carbocycles. The zero-order valence-corrected chi connectivity index (χ0v) is 19.9. The van der Waals surface area contributed by atoms with Crippen LogP contribution in [0.15, 0.2) is 48.7 Å². The number of rotatable bonds is 6. The largest absolute Gasteiger partial charge is 0.465 e. The SMILES string of the molecule is Cc1ccc(C(N)=O)cc1Nc1ncc(C(F)(F)F)c(Nc2ccccc2N(C(=O)O)C(C)(C)C)n1. The van der Waals surface area contributed by atoms with Crippen molar-refractivity contribution in [3.8, 4) is 0 Å². The molecule has 0 saturated carbocycles. The number of aromatic nitrogens is 2. The molecule has 0 atom stereocenters. The smallest absolute Gasteiger partial charge is 0.421 e. The molecule has 5 N–H and O–H groups in total. The van der Waals surface area contributed by atoms with Gasteiger partial charge in [-0.25, -0.2) is 9.78 Å². The van der Waals surface area contributed by atoms with Gasteiger partial charge in [0.2, 0.25) is 11.9 Å². The number of carbonyl (C=O) groups excluding carboxylic acids is 1. The topological polar surface area (TPSA) is 133 Å². The van der Waals surface area contributed by atoms with Gasteiger partial charge < -0.3 is 21.5 Å². The number of carbonyl (C=O) groups is 2. The van der Waals surface area contributed by atoms with Crippen LogP contribution in [0.5, 0.6) is 0 Å². The fourth-order valence-corrected chi connectivity index (χ4v) is 3.43. The number of alkyl halides is 3. The predicted molar refractivity (Wildman–Crippen MR) is 130 cm³/mol. The minimum Gasteiger partial charge on any atom is -0.465 e. The molecule has 0 aliphatic rings. The van der Waals surface area contributed by atoms with Gasteiger partial charge in [-0.15, -0.1) is 0 Å². The van der Waals surface area contributed by atoms with Gasteiger partial charge in [-0.3, -0.25) is 9.69 Å². The van der Waals surface area contributed by atoms with Gasteiger partial charge in [0.05, 0.1) is 11.4 Å². The summed E-state index contributed by atoms with van der Waals surface area (Å²) >= 11 is 0. The number of halogens is 3. The Kier molecular flexibility index (Phi) is 7.09. The molecule has 3 rings (SSSR count). The molecule has 9 nitrogen and oxygen atoms in total. The highest BCUT2D eigenvalue weighted by Gasteiger charge is 2.36. The number of hydrogen-bond donors (Lipinski definition) is 4. The summed E-state index contributed by atoms with van der Waals surface area (Å²) in [6.45, 7) is 6.70. The number of benzene rings is 2. The Bertz CT molecular complexity index is 1300. The Morgan fingerprint density at radius 3 is 2.28 bits per heavy atom. The van der Waals surface area contributed by atoms with Gasteiger partial charge in [0, 0.05) is 23.0 Å². The van der Waals surface area contributed by atoms with Gasteiger partial charge in [0.1, 0.15) is 11.4 Å². The lowest BCUT2D eigenvalue weighted by Gasteiger charge is -2.34. The summed E-state index contributed by atoms with van der Waals surface area (Å²) in [7, 11) is 0. The molecule has 0 bridgehead atoms. The normalized spacial score (nSPS) is 11.6. The van der Waals surface area contributed by atoms with Crippen LogP contribution in [0.2, 0.25) is 0 Å². The van der Waals surface area contributed by atoms with E-state index in [4.69, 9.17) is 5.73 Å². The maximum Gasteiger partial charge on any atom is 0.421 e. The molecule has 12 heteroatoms. The second-order valence-electron chi connectivity index (χ2n) is 8.90. The molecule has 0 saturated heterocycles. The molecule has 0 spiro atoms. The number of nitrogens with two attached hydrogens (primary N) is 1. The molecule has 3 aromatic rings. The predicted octanol–water partition coefficient (Wildman–Crippen LogP) is 5.67. The Hall–Kier alpha value is -4.35. The maximum atomic E-state index is 13.8. The molecular weight excluding hydrogens is 477 g/mol. The summed E-state index contributed by atoms with van der Waals surface area (Å²) in [6, 6.07) is 10.6. The van der Waals surface area contributed by atoms with Crippen molar-refractivity contribution in [1.29, 1.82) is 0 Å². The van der Waals surface area contributed by atoms with Crippen LogP contribution in [0.25, 0.3) is 0 Å². The van der Waals surface area contributed by atoms with E-state index in [9.17, 15) is 27.9 Å².